The zero-order valence-corrected chi connectivity index (χ0v) is 19.6. The van der Waals surface area contributed by atoms with Gasteiger partial charge in [0.25, 0.3) is 11.8 Å². The van der Waals surface area contributed by atoms with Crippen molar-refractivity contribution in [1.29, 1.82) is 0 Å². The number of hydrogen-bond donors (Lipinski definition) is 2. The molecule has 0 aliphatic carbocycles. The first kappa shape index (κ1) is 26.2. The van der Waals surface area contributed by atoms with Crippen molar-refractivity contribution < 1.29 is 27.5 Å². The normalized spacial score (nSPS) is 12.5. The number of benzene rings is 2. The summed E-state index contributed by atoms with van der Waals surface area (Å²) >= 11 is 1.50. The largest absolute Gasteiger partial charge is 0.496 e. The third kappa shape index (κ3) is 7.24. The summed E-state index contributed by atoms with van der Waals surface area (Å²) < 4.78 is 43.5. The maximum absolute atomic E-state index is 12.7. The second-order valence-corrected chi connectivity index (χ2v) is 8.21. The number of halogens is 3. The molecular formula is C23H26F3N3O3S. The van der Waals surface area contributed by atoms with Gasteiger partial charge in [0.2, 0.25) is 0 Å². The highest BCUT2D eigenvalue weighted by atomic mass is 32.2. The van der Waals surface area contributed by atoms with Gasteiger partial charge in [-0.25, -0.2) is 5.43 Å². The lowest BCUT2D eigenvalue weighted by molar-refractivity contribution is -0.137. The molecular weight excluding hydrogens is 455 g/mol. The summed E-state index contributed by atoms with van der Waals surface area (Å²) in [6.07, 6.45) is -0.799. The summed E-state index contributed by atoms with van der Waals surface area (Å²) in [6, 6.07) is 6.53. The lowest BCUT2D eigenvalue weighted by Gasteiger charge is -2.17. The van der Waals surface area contributed by atoms with Crippen LogP contribution in [0.3, 0.4) is 0 Å². The van der Waals surface area contributed by atoms with Gasteiger partial charge in [-0.2, -0.15) is 30.0 Å². The van der Waals surface area contributed by atoms with Crippen LogP contribution in [0.25, 0.3) is 0 Å². The molecule has 33 heavy (non-hydrogen) atoms. The average Bonchev–Trinajstić information content (AvgIpc) is 2.78. The number of thioether (sulfide) groups is 1. The fraction of sp³-hybridized carbons (Fsp3) is 0.348. The van der Waals surface area contributed by atoms with E-state index in [1.54, 1.807) is 13.2 Å². The molecule has 0 spiro atoms. The highest BCUT2D eigenvalue weighted by Crippen LogP contribution is 2.29. The molecule has 0 heterocycles. The Morgan fingerprint density at radius 3 is 2.36 bits per heavy atom. The van der Waals surface area contributed by atoms with Crippen LogP contribution in [0.15, 0.2) is 41.5 Å². The molecule has 2 N–H and O–H groups in total. The van der Waals surface area contributed by atoms with E-state index < -0.39 is 29.6 Å². The number of methoxy groups -OCH3 is 1. The molecule has 2 aromatic rings. The SMILES string of the molecule is COc1ccc(C=NNC(=O)C(CCSC)NC(=O)c2ccc(C(F)(F)F)cc2)c(C)c1C. The summed E-state index contributed by atoms with van der Waals surface area (Å²) in [7, 11) is 1.59. The van der Waals surface area contributed by atoms with E-state index in [1.807, 2.05) is 26.2 Å². The Bertz CT molecular complexity index is 1010. The van der Waals surface area contributed by atoms with Gasteiger partial charge in [-0.1, -0.05) is 0 Å². The van der Waals surface area contributed by atoms with Crippen LogP contribution in [0.2, 0.25) is 0 Å². The van der Waals surface area contributed by atoms with Crippen molar-refractivity contribution in [3.05, 3.63) is 64.2 Å². The third-order valence-electron chi connectivity index (χ3n) is 5.08. The molecule has 1 atom stereocenters. The molecule has 0 radical (unpaired) electrons. The minimum atomic E-state index is -4.49. The molecule has 0 aliphatic rings. The quantitative estimate of drug-likeness (QED) is 0.413. The van der Waals surface area contributed by atoms with Crippen LogP contribution in [0.5, 0.6) is 5.75 Å². The Balaban J connectivity index is 2.08. The number of rotatable bonds is 9. The van der Waals surface area contributed by atoms with Crippen molar-refractivity contribution in [2.75, 3.05) is 19.1 Å². The standard InChI is InChI=1S/C23H26F3N3O3S/c1-14-15(2)20(32-3)10-7-17(14)13-27-29-22(31)19(11-12-33-4)28-21(30)16-5-8-18(9-6-16)23(24,25)26/h5-10,13,19H,11-12H2,1-4H3,(H,28,30)(H,29,31). The number of hydrazone groups is 1. The zero-order chi connectivity index (χ0) is 24.6. The summed E-state index contributed by atoms with van der Waals surface area (Å²) in [5.41, 5.74) is 4.29. The van der Waals surface area contributed by atoms with E-state index in [-0.39, 0.29) is 5.56 Å². The predicted octanol–water partition coefficient (Wildman–Crippen LogP) is 4.33. The molecule has 0 saturated carbocycles. The molecule has 2 amide bonds. The zero-order valence-electron chi connectivity index (χ0n) is 18.7. The number of carbonyl (C=O) groups is 2. The van der Waals surface area contributed by atoms with Gasteiger partial charge in [0.15, 0.2) is 0 Å². The van der Waals surface area contributed by atoms with Gasteiger partial charge in [-0.15, -0.1) is 0 Å². The van der Waals surface area contributed by atoms with E-state index in [1.165, 1.54) is 18.0 Å². The highest BCUT2D eigenvalue weighted by molar-refractivity contribution is 7.98. The molecule has 6 nitrogen and oxygen atoms in total. The minimum Gasteiger partial charge on any atom is -0.496 e. The van der Waals surface area contributed by atoms with Gasteiger partial charge < -0.3 is 10.1 Å². The van der Waals surface area contributed by atoms with E-state index in [4.69, 9.17) is 4.74 Å². The lowest BCUT2D eigenvalue weighted by atomic mass is 10.0. The van der Waals surface area contributed by atoms with Crippen LogP contribution in [-0.4, -0.2) is 43.2 Å². The van der Waals surface area contributed by atoms with E-state index in [0.29, 0.717) is 12.2 Å². The molecule has 10 heteroatoms. The van der Waals surface area contributed by atoms with Crippen LogP contribution in [0, 0.1) is 13.8 Å². The van der Waals surface area contributed by atoms with Crippen LogP contribution < -0.4 is 15.5 Å². The van der Waals surface area contributed by atoms with Crippen LogP contribution in [0.1, 0.15) is 39.0 Å². The van der Waals surface area contributed by atoms with Gasteiger partial charge in [0.05, 0.1) is 18.9 Å². The molecule has 2 aromatic carbocycles. The van der Waals surface area contributed by atoms with Crippen molar-refractivity contribution in [3.8, 4) is 5.75 Å². The molecule has 178 valence electrons. The van der Waals surface area contributed by atoms with Crippen molar-refractivity contribution in [2.45, 2.75) is 32.5 Å². The monoisotopic (exact) mass is 481 g/mol. The molecule has 0 aromatic heterocycles. The van der Waals surface area contributed by atoms with Gasteiger partial charge in [-0.05, 0) is 85.4 Å². The first-order chi connectivity index (χ1) is 15.6. The van der Waals surface area contributed by atoms with Crippen LogP contribution >= 0.6 is 11.8 Å². The summed E-state index contributed by atoms with van der Waals surface area (Å²) in [5.74, 6) is 0.169. The minimum absolute atomic E-state index is 0.0257. The van der Waals surface area contributed by atoms with Crippen molar-refractivity contribution >= 4 is 29.8 Å². The fourth-order valence-corrected chi connectivity index (χ4v) is 3.45. The Kier molecular flexibility index (Phi) is 9.33. The van der Waals surface area contributed by atoms with Crippen LogP contribution in [-0.2, 0) is 11.0 Å². The summed E-state index contributed by atoms with van der Waals surface area (Å²) in [5, 5.41) is 6.57. The summed E-state index contributed by atoms with van der Waals surface area (Å²) in [4.78, 5) is 25.1. The fourth-order valence-electron chi connectivity index (χ4n) is 2.98. The van der Waals surface area contributed by atoms with Gasteiger partial charge >= 0.3 is 6.18 Å². The molecule has 1 unspecified atom stereocenters. The number of alkyl halides is 3. The number of carbonyl (C=O) groups excluding carboxylic acids is 2. The lowest BCUT2D eigenvalue weighted by Crippen LogP contribution is -2.45. The Morgan fingerprint density at radius 1 is 1.12 bits per heavy atom. The number of amides is 2. The van der Waals surface area contributed by atoms with Crippen molar-refractivity contribution in [1.82, 2.24) is 10.7 Å². The topological polar surface area (TPSA) is 79.8 Å². The first-order valence-corrected chi connectivity index (χ1v) is 11.4. The highest BCUT2D eigenvalue weighted by Gasteiger charge is 2.30. The molecule has 0 saturated heterocycles. The number of ether oxygens (including phenoxy) is 1. The summed E-state index contributed by atoms with van der Waals surface area (Å²) in [6.45, 7) is 3.83. The van der Waals surface area contributed by atoms with Crippen LogP contribution in [0.4, 0.5) is 13.2 Å². The maximum Gasteiger partial charge on any atom is 0.416 e. The predicted molar refractivity (Wildman–Crippen MR) is 124 cm³/mol. The second-order valence-electron chi connectivity index (χ2n) is 7.22. The van der Waals surface area contributed by atoms with E-state index >= 15 is 0 Å². The maximum atomic E-state index is 12.7. The third-order valence-corrected chi connectivity index (χ3v) is 5.73. The first-order valence-electron chi connectivity index (χ1n) is 10.0. The molecule has 0 aliphatic heterocycles. The van der Waals surface area contributed by atoms with E-state index in [9.17, 15) is 22.8 Å². The second kappa shape index (κ2) is 11.7. The van der Waals surface area contributed by atoms with Crippen molar-refractivity contribution in [2.24, 2.45) is 5.10 Å². The molecule has 0 bridgehead atoms. The van der Waals surface area contributed by atoms with E-state index in [2.05, 4.69) is 15.8 Å². The molecule has 0 fully saturated rings. The van der Waals surface area contributed by atoms with Crippen molar-refractivity contribution in [3.63, 3.8) is 0 Å². The Hall–Kier alpha value is -3.01. The number of nitrogens with zero attached hydrogens (tertiary/aromatic N) is 1. The average molecular weight is 482 g/mol. The molecule has 2 rings (SSSR count). The van der Waals surface area contributed by atoms with E-state index in [0.717, 1.165) is 46.7 Å². The Morgan fingerprint density at radius 2 is 1.79 bits per heavy atom. The van der Waals surface area contributed by atoms with Gasteiger partial charge in [-0.3, -0.25) is 9.59 Å². The van der Waals surface area contributed by atoms with Gasteiger partial charge in [0.1, 0.15) is 11.8 Å². The van der Waals surface area contributed by atoms with Gasteiger partial charge in [0, 0.05) is 5.56 Å². The number of nitrogens with one attached hydrogen (secondary N) is 2. The smallest absolute Gasteiger partial charge is 0.416 e. The Labute approximate surface area is 195 Å². The number of hydrogen-bond acceptors (Lipinski definition) is 5.